The molecule has 0 fully saturated rings. The zero-order valence-corrected chi connectivity index (χ0v) is 7.25. The van der Waals surface area contributed by atoms with Gasteiger partial charge in [0.25, 0.3) is 0 Å². The molecule has 0 aliphatic heterocycles. The molecule has 1 aromatic rings. The first-order chi connectivity index (χ1) is 4.33. The number of hydrogen-bond acceptors (Lipinski definition) is 1. The molecule has 0 unspecified atom stereocenters. The Balaban J connectivity index is 2.88. The van der Waals surface area contributed by atoms with Crippen LogP contribution in [-0.2, 0) is 0 Å². The van der Waals surface area contributed by atoms with Gasteiger partial charge in [0.05, 0.1) is 0 Å². The highest BCUT2D eigenvalue weighted by atomic mass is 127. The van der Waals surface area contributed by atoms with E-state index in [0.717, 1.165) is 5.75 Å². The lowest BCUT2D eigenvalue weighted by atomic mass is 10.2. The summed E-state index contributed by atoms with van der Waals surface area (Å²) in [5.41, 5.74) is 1.26. The van der Waals surface area contributed by atoms with Gasteiger partial charge in [0.1, 0.15) is 5.75 Å². The third-order valence-corrected chi connectivity index (χ3v) is 1.62. The highest BCUT2D eigenvalue weighted by molar-refractivity contribution is 14.1. The molecule has 0 saturated carbocycles. The molecule has 0 atom stereocenters. The predicted octanol–water partition coefficient (Wildman–Crippen LogP) is 2.72. The Morgan fingerprint density at radius 3 is 2.22 bits per heavy atom. The lowest BCUT2D eigenvalue weighted by molar-refractivity contribution is 0.716. The van der Waals surface area contributed by atoms with Gasteiger partial charge in [-0.1, -0.05) is 17.7 Å². The van der Waals surface area contributed by atoms with Crippen LogP contribution < -0.4 is 3.07 Å². The Morgan fingerprint density at radius 2 is 1.78 bits per heavy atom. The van der Waals surface area contributed by atoms with Gasteiger partial charge in [-0.2, -0.15) is 0 Å². The fraction of sp³-hybridized carbons (Fsp3) is 0.143. The summed E-state index contributed by atoms with van der Waals surface area (Å²) in [6.45, 7) is 2.05. The minimum absolute atomic E-state index is 0.904. The van der Waals surface area contributed by atoms with E-state index in [2.05, 4.69) is 6.92 Å². The van der Waals surface area contributed by atoms with E-state index in [9.17, 15) is 0 Å². The van der Waals surface area contributed by atoms with Crippen LogP contribution in [0, 0.1) is 6.92 Å². The Hall–Kier alpha value is -0.250. The van der Waals surface area contributed by atoms with Crippen LogP contribution in [0.3, 0.4) is 0 Å². The molecule has 0 aromatic heterocycles. The quantitative estimate of drug-likeness (QED) is 0.679. The molecule has 0 bridgehead atoms. The highest BCUT2D eigenvalue weighted by Crippen LogP contribution is 2.12. The molecule has 1 rings (SSSR count). The topological polar surface area (TPSA) is 9.23 Å². The van der Waals surface area contributed by atoms with E-state index in [-0.39, 0.29) is 0 Å². The van der Waals surface area contributed by atoms with Crippen molar-refractivity contribution in [2.75, 3.05) is 0 Å². The molecule has 0 aliphatic carbocycles. The molecule has 0 heterocycles. The summed E-state index contributed by atoms with van der Waals surface area (Å²) in [5, 5.41) is 0. The smallest absolute Gasteiger partial charge is 0.192 e. The maximum absolute atomic E-state index is 4.94. The van der Waals surface area contributed by atoms with Crippen molar-refractivity contribution < 1.29 is 3.07 Å². The molecule has 2 heteroatoms. The molecule has 1 nitrogen and oxygen atoms in total. The van der Waals surface area contributed by atoms with Gasteiger partial charge in [-0.25, -0.2) is 0 Å². The standard InChI is InChI=1S/C7H7IO/c1-6-2-4-7(9-8)5-3-6/h2-5H,1H3. The SMILES string of the molecule is Cc1ccc(OI)cc1. The fourth-order valence-electron chi connectivity index (χ4n) is 0.590. The Morgan fingerprint density at radius 1 is 1.22 bits per heavy atom. The van der Waals surface area contributed by atoms with Crippen LogP contribution >= 0.6 is 23.0 Å². The molecule has 1 aromatic carbocycles. The summed E-state index contributed by atoms with van der Waals surface area (Å²) in [6, 6.07) is 7.94. The van der Waals surface area contributed by atoms with Crippen molar-refractivity contribution in [1.29, 1.82) is 0 Å². The summed E-state index contributed by atoms with van der Waals surface area (Å²) in [5.74, 6) is 0.904. The van der Waals surface area contributed by atoms with Gasteiger partial charge in [-0.3, -0.25) is 0 Å². The van der Waals surface area contributed by atoms with Gasteiger partial charge < -0.3 is 3.07 Å². The van der Waals surface area contributed by atoms with Crippen LogP contribution in [0.4, 0.5) is 0 Å². The van der Waals surface area contributed by atoms with E-state index >= 15 is 0 Å². The minimum atomic E-state index is 0.904. The lowest BCUT2D eigenvalue weighted by Crippen LogP contribution is -1.73. The van der Waals surface area contributed by atoms with Crippen LogP contribution in [0.15, 0.2) is 24.3 Å². The van der Waals surface area contributed by atoms with Crippen molar-refractivity contribution in [2.24, 2.45) is 0 Å². The zero-order valence-electron chi connectivity index (χ0n) is 5.10. The van der Waals surface area contributed by atoms with E-state index in [1.807, 2.05) is 47.3 Å². The van der Waals surface area contributed by atoms with Crippen LogP contribution in [0.25, 0.3) is 0 Å². The summed E-state index contributed by atoms with van der Waals surface area (Å²) in [7, 11) is 0. The molecule has 0 saturated heterocycles. The molecule has 0 amide bonds. The van der Waals surface area contributed by atoms with Crippen LogP contribution in [0.1, 0.15) is 5.56 Å². The number of halogens is 1. The van der Waals surface area contributed by atoms with Gasteiger partial charge in [0.2, 0.25) is 0 Å². The fourth-order valence-corrected chi connectivity index (χ4v) is 0.883. The van der Waals surface area contributed by atoms with Crippen LogP contribution in [-0.4, -0.2) is 0 Å². The Kier molecular flexibility index (Phi) is 2.33. The number of aryl methyl sites for hydroxylation is 1. The summed E-state index contributed by atoms with van der Waals surface area (Å²) in [6.07, 6.45) is 0. The molecule has 0 N–H and O–H groups in total. The average Bonchev–Trinajstić information content (AvgIpc) is 1.90. The second-order valence-electron chi connectivity index (χ2n) is 1.89. The molecule has 0 aliphatic rings. The van der Waals surface area contributed by atoms with Crippen molar-refractivity contribution in [2.45, 2.75) is 6.92 Å². The summed E-state index contributed by atoms with van der Waals surface area (Å²) >= 11 is 1.87. The van der Waals surface area contributed by atoms with Crippen molar-refractivity contribution in [3.63, 3.8) is 0 Å². The van der Waals surface area contributed by atoms with E-state index in [1.54, 1.807) is 0 Å². The average molecular weight is 234 g/mol. The third kappa shape index (κ3) is 1.86. The van der Waals surface area contributed by atoms with Crippen LogP contribution in [0.2, 0.25) is 0 Å². The molecule has 0 radical (unpaired) electrons. The normalized spacial score (nSPS) is 9.11. The van der Waals surface area contributed by atoms with Crippen molar-refractivity contribution >= 4 is 23.0 Å². The second-order valence-corrected chi connectivity index (χ2v) is 2.33. The van der Waals surface area contributed by atoms with Crippen molar-refractivity contribution in [3.05, 3.63) is 29.8 Å². The van der Waals surface area contributed by atoms with Gasteiger partial charge in [-0.15, -0.1) is 0 Å². The van der Waals surface area contributed by atoms with E-state index in [0.29, 0.717) is 0 Å². The first kappa shape index (κ1) is 6.86. The largest absolute Gasteiger partial charge is 0.428 e. The van der Waals surface area contributed by atoms with Crippen molar-refractivity contribution in [3.8, 4) is 5.75 Å². The molecular weight excluding hydrogens is 227 g/mol. The number of rotatable bonds is 1. The van der Waals surface area contributed by atoms with Gasteiger partial charge >= 0.3 is 0 Å². The maximum atomic E-state index is 4.94. The number of hydrogen-bond donors (Lipinski definition) is 0. The molecule has 9 heavy (non-hydrogen) atoms. The predicted molar refractivity (Wildman–Crippen MR) is 45.8 cm³/mol. The van der Waals surface area contributed by atoms with Gasteiger partial charge in [-0.05, 0) is 19.1 Å². The summed E-state index contributed by atoms with van der Waals surface area (Å²) < 4.78 is 4.94. The first-order valence-electron chi connectivity index (χ1n) is 2.68. The van der Waals surface area contributed by atoms with E-state index in [4.69, 9.17) is 3.07 Å². The van der Waals surface area contributed by atoms with Gasteiger partial charge in [0.15, 0.2) is 23.0 Å². The molecular formula is C7H7IO. The van der Waals surface area contributed by atoms with Crippen molar-refractivity contribution in [1.82, 2.24) is 0 Å². The summed E-state index contributed by atoms with van der Waals surface area (Å²) in [4.78, 5) is 0. The minimum Gasteiger partial charge on any atom is -0.428 e. The number of benzene rings is 1. The highest BCUT2D eigenvalue weighted by Gasteiger charge is 1.86. The lowest BCUT2D eigenvalue weighted by Gasteiger charge is -1.94. The van der Waals surface area contributed by atoms with Gasteiger partial charge in [0, 0.05) is 0 Å². The Labute approximate surface area is 68.7 Å². The van der Waals surface area contributed by atoms with E-state index < -0.39 is 0 Å². The van der Waals surface area contributed by atoms with E-state index in [1.165, 1.54) is 5.56 Å². The third-order valence-electron chi connectivity index (χ3n) is 1.11. The second kappa shape index (κ2) is 3.06. The molecule has 48 valence electrons. The molecule has 0 spiro atoms. The van der Waals surface area contributed by atoms with Crippen LogP contribution in [0.5, 0.6) is 5.75 Å². The zero-order chi connectivity index (χ0) is 6.69. The monoisotopic (exact) mass is 234 g/mol. The first-order valence-corrected chi connectivity index (χ1v) is 3.56. The maximum Gasteiger partial charge on any atom is 0.192 e. The Bertz CT molecular complexity index is 181.